The molecule has 2 atom stereocenters. The Morgan fingerprint density at radius 2 is 2.08 bits per heavy atom. The summed E-state index contributed by atoms with van der Waals surface area (Å²) < 4.78 is 5.20. The van der Waals surface area contributed by atoms with E-state index < -0.39 is 5.60 Å². The molecule has 1 aromatic carbocycles. The van der Waals surface area contributed by atoms with Gasteiger partial charge >= 0.3 is 0 Å². The first-order chi connectivity index (χ1) is 11.5. The number of benzene rings is 1. The van der Waals surface area contributed by atoms with Crippen LogP contribution < -0.4 is 10.5 Å². The molecule has 6 heteroatoms. The fourth-order valence-corrected chi connectivity index (χ4v) is 3.45. The molecule has 1 aliphatic heterocycles. The van der Waals surface area contributed by atoms with E-state index in [1.807, 2.05) is 31.2 Å². The highest BCUT2D eigenvalue weighted by Crippen LogP contribution is 2.35. The van der Waals surface area contributed by atoms with Gasteiger partial charge < -0.3 is 15.6 Å². The van der Waals surface area contributed by atoms with Crippen molar-refractivity contribution < 1.29 is 9.84 Å². The summed E-state index contributed by atoms with van der Waals surface area (Å²) >= 11 is 0. The maximum Gasteiger partial charge on any atom is 0.144 e. The molecule has 0 unspecified atom stereocenters. The lowest BCUT2D eigenvalue weighted by atomic mass is 9.86. The quantitative estimate of drug-likeness (QED) is 0.872. The van der Waals surface area contributed by atoms with Crippen molar-refractivity contribution in [3.63, 3.8) is 0 Å². The lowest BCUT2D eigenvalue weighted by Gasteiger charge is -2.36. The predicted octanol–water partition coefficient (Wildman–Crippen LogP) is 1.94. The van der Waals surface area contributed by atoms with E-state index in [1.165, 1.54) is 0 Å². The SMILES string of the molecule is COc1ccc([C@](C)(O)[C@@H]2CCCN2Cc2nccc(N)n2)cc1. The molecule has 1 saturated heterocycles. The Balaban J connectivity index is 1.80. The van der Waals surface area contributed by atoms with Crippen LogP contribution in [0.2, 0.25) is 0 Å². The minimum Gasteiger partial charge on any atom is -0.497 e. The molecule has 6 nitrogen and oxygen atoms in total. The fraction of sp³-hybridized carbons (Fsp3) is 0.444. The smallest absolute Gasteiger partial charge is 0.144 e. The number of nitrogens with zero attached hydrogens (tertiary/aromatic N) is 3. The number of hydrogen-bond acceptors (Lipinski definition) is 6. The van der Waals surface area contributed by atoms with E-state index in [4.69, 9.17) is 10.5 Å². The average Bonchev–Trinajstić information content (AvgIpc) is 3.04. The molecule has 128 valence electrons. The molecule has 0 radical (unpaired) electrons. The summed E-state index contributed by atoms with van der Waals surface area (Å²) in [6.07, 6.45) is 3.64. The topological polar surface area (TPSA) is 84.5 Å². The summed E-state index contributed by atoms with van der Waals surface area (Å²) in [6.45, 7) is 3.37. The number of nitrogen functional groups attached to an aromatic ring is 1. The molecule has 0 saturated carbocycles. The molecule has 0 bridgehead atoms. The Labute approximate surface area is 142 Å². The maximum atomic E-state index is 11.2. The number of hydrogen-bond donors (Lipinski definition) is 2. The molecule has 2 heterocycles. The summed E-state index contributed by atoms with van der Waals surface area (Å²) in [6, 6.07) is 9.29. The van der Waals surface area contributed by atoms with Gasteiger partial charge in [0, 0.05) is 12.2 Å². The zero-order valence-electron chi connectivity index (χ0n) is 14.1. The standard InChI is InChI=1S/C18H24N4O2/c1-18(23,13-5-7-14(24-2)8-6-13)15-4-3-11-22(15)12-17-20-10-9-16(19)21-17/h5-10,15,23H,3-4,11-12H2,1-2H3,(H2,19,20,21)/t15-,18-/m0/s1. The summed E-state index contributed by atoms with van der Waals surface area (Å²) in [5.41, 5.74) is 5.67. The molecule has 0 aliphatic carbocycles. The van der Waals surface area contributed by atoms with Gasteiger partial charge in [0.25, 0.3) is 0 Å². The van der Waals surface area contributed by atoms with Crippen LogP contribution in [-0.4, -0.2) is 39.7 Å². The first kappa shape index (κ1) is 16.7. The highest BCUT2D eigenvalue weighted by Gasteiger charge is 2.40. The van der Waals surface area contributed by atoms with Crippen molar-refractivity contribution in [1.82, 2.24) is 14.9 Å². The summed E-state index contributed by atoms with van der Waals surface area (Å²) in [5, 5.41) is 11.2. The van der Waals surface area contributed by atoms with E-state index in [2.05, 4.69) is 14.9 Å². The zero-order chi connectivity index (χ0) is 17.2. The van der Waals surface area contributed by atoms with Crippen molar-refractivity contribution in [2.45, 2.75) is 38.0 Å². The molecule has 1 aliphatic rings. The molecule has 3 rings (SSSR count). The van der Waals surface area contributed by atoms with Crippen LogP contribution in [0.4, 0.5) is 5.82 Å². The number of ether oxygens (including phenoxy) is 1. The lowest BCUT2D eigenvalue weighted by Crippen LogP contribution is -2.45. The van der Waals surface area contributed by atoms with E-state index in [1.54, 1.807) is 19.4 Å². The van der Waals surface area contributed by atoms with Gasteiger partial charge in [-0.1, -0.05) is 12.1 Å². The van der Waals surface area contributed by atoms with Crippen LogP contribution >= 0.6 is 0 Å². The number of aromatic nitrogens is 2. The molecule has 0 spiro atoms. The number of rotatable bonds is 5. The predicted molar refractivity (Wildman–Crippen MR) is 92.4 cm³/mol. The first-order valence-electron chi connectivity index (χ1n) is 8.19. The molecular formula is C18H24N4O2. The van der Waals surface area contributed by atoms with Gasteiger partial charge in [-0.05, 0) is 50.1 Å². The molecule has 1 fully saturated rings. The van der Waals surface area contributed by atoms with Crippen molar-refractivity contribution in [1.29, 1.82) is 0 Å². The lowest BCUT2D eigenvalue weighted by molar-refractivity contribution is -0.0261. The Morgan fingerprint density at radius 3 is 2.75 bits per heavy atom. The van der Waals surface area contributed by atoms with Crippen molar-refractivity contribution in [3.05, 3.63) is 47.9 Å². The normalized spacial score (nSPS) is 20.7. The molecule has 24 heavy (non-hydrogen) atoms. The van der Waals surface area contributed by atoms with Gasteiger partial charge in [-0.2, -0.15) is 0 Å². The van der Waals surface area contributed by atoms with E-state index >= 15 is 0 Å². The van der Waals surface area contributed by atoms with Crippen LogP contribution in [0.15, 0.2) is 36.5 Å². The van der Waals surface area contributed by atoms with Crippen LogP contribution in [0, 0.1) is 0 Å². The van der Waals surface area contributed by atoms with E-state index in [9.17, 15) is 5.11 Å². The summed E-state index contributed by atoms with van der Waals surface area (Å²) in [7, 11) is 1.64. The monoisotopic (exact) mass is 328 g/mol. The van der Waals surface area contributed by atoms with E-state index in [0.29, 0.717) is 18.2 Å². The highest BCUT2D eigenvalue weighted by molar-refractivity contribution is 5.32. The van der Waals surface area contributed by atoms with Gasteiger partial charge in [0.15, 0.2) is 0 Å². The second-order valence-corrected chi connectivity index (χ2v) is 6.40. The Kier molecular flexibility index (Phi) is 4.69. The van der Waals surface area contributed by atoms with E-state index in [-0.39, 0.29) is 6.04 Å². The maximum absolute atomic E-state index is 11.2. The van der Waals surface area contributed by atoms with Crippen molar-refractivity contribution in [2.24, 2.45) is 0 Å². The Morgan fingerprint density at radius 1 is 1.33 bits per heavy atom. The Hall–Kier alpha value is -2.18. The molecular weight excluding hydrogens is 304 g/mol. The summed E-state index contributed by atoms with van der Waals surface area (Å²) in [5.74, 6) is 1.94. The number of likely N-dealkylation sites (tertiary alicyclic amines) is 1. The third-order valence-corrected chi connectivity index (χ3v) is 4.76. The minimum absolute atomic E-state index is 0.0101. The van der Waals surface area contributed by atoms with Gasteiger partial charge in [-0.3, -0.25) is 4.90 Å². The van der Waals surface area contributed by atoms with Gasteiger partial charge in [-0.15, -0.1) is 0 Å². The summed E-state index contributed by atoms with van der Waals surface area (Å²) in [4.78, 5) is 10.8. The van der Waals surface area contributed by atoms with Crippen molar-refractivity contribution >= 4 is 5.82 Å². The number of aliphatic hydroxyl groups is 1. The highest BCUT2D eigenvalue weighted by atomic mass is 16.5. The second kappa shape index (κ2) is 6.75. The van der Waals surface area contributed by atoms with Crippen LogP contribution in [0.3, 0.4) is 0 Å². The zero-order valence-corrected chi connectivity index (χ0v) is 14.1. The molecule has 1 aromatic heterocycles. The van der Waals surface area contributed by atoms with Crippen LogP contribution in [0.5, 0.6) is 5.75 Å². The first-order valence-corrected chi connectivity index (χ1v) is 8.19. The van der Waals surface area contributed by atoms with Gasteiger partial charge in [-0.25, -0.2) is 9.97 Å². The molecule has 0 amide bonds. The van der Waals surface area contributed by atoms with Crippen LogP contribution in [-0.2, 0) is 12.1 Å². The minimum atomic E-state index is -0.955. The van der Waals surface area contributed by atoms with Gasteiger partial charge in [0.2, 0.25) is 0 Å². The molecule has 2 aromatic rings. The van der Waals surface area contributed by atoms with Crippen molar-refractivity contribution in [3.8, 4) is 5.75 Å². The third-order valence-electron chi connectivity index (χ3n) is 4.76. The van der Waals surface area contributed by atoms with Gasteiger partial charge in [0.1, 0.15) is 23.0 Å². The van der Waals surface area contributed by atoms with E-state index in [0.717, 1.165) is 30.7 Å². The van der Waals surface area contributed by atoms with Crippen LogP contribution in [0.25, 0.3) is 0 Å². The van der Waals surface area contributed by atoms with Crippen LogP contribution in [0.1, 0.15) is 31.2 Å². The molecule has 3 N–H and O–H groups in total. The Bertz CT molecular complexity index is 688. The average molecular weight is 328 g/mol. The second-order valence-electron chi connectivity index (χ2n) is 6.40. The third kappa shape index (κ3) is 3.34. The number of anilines is 1. The van der Waals surface area contributed by atoms with Crippen molar-refractivity contribution in [2.75, 3.05) is 19.4 Å². The fourth-order valence-electron chi connectivity index (χ4n) is 3.45. The number of nitrogens with two attached hydrogens (primary N) is 1. The number of methoxy groups -OCH3 is 1. The largest absolute Gasteiger partial charge is 0.497 e. The van der Waals surface area contributed by atoms with Gasteiger partial charge in [0.05, 0.1) is 13.7 Å².